The smallest absolute Gasteiger partial charge is 0.218 e. The SMILES string of the molecule is CCCC1(O)CN(S(=O)(=O)Cc2ccc(F)cc2)C1. The van der Waals surface area contributed by atoms with E-state index in [9.17, 15) is 17.9 Å². The summed E-state index contributed by atoms with van der Waals surface area (Å²) in [5.74, 6) is -0.544. The van der Waals surface area contributed by atoms with Crippen molar-refractivity contribution in [3.63, 3.8) is 0 Å². The Morgan fingerprint density at radius 1 is 1.32 bits per heavy atom. The molecule has 1 aliphatic rings. The fourth-order valence-corrected chi connectivity index (χ4v) is 3.98. The van der Waals surface area contributed by atoms with Gasteiger partial charge in [0.25, 0.3) is 0 Å². The van der Waals surface area contributed by atoms with Gasteiger partial charge in [-0.1, -0.05) is 25.5 Å². The molecule has 0 aromatic heterocycles. The second-order valence-electron chi connectivity index (χ2n) is 5.13. The Balaban J connectivity index is 1.99. The van der Waals surface area contributed by atoms with Crippen LogP contribution in [0.1, 0.15) is 25.3 Å². The molecule has 1 fully saturated rings. The molecule has 1 N–H and O–H groups in total. The van der Waals surface area contributed by atoms with Crippen molar-refractivity contribution < 1.29 is 17.9 Å². The number of halogens is 1. The van der Waals surface area contributed by atoms with Crippen LogP contribution in [0.5, 0.6) is 0 Å². The van der Waals surface area contributed by atoms with Crippen LogP contribution < -0.4 is 0 Å². The van der Waals surface area contributed by atoms with Crippen molar-refractivity contribution in [2.45, 2.75) is 31.1 Å². The minimum absolute atomic E-state index is 0.157. The molecule has 19 heavy (non-hydrogen) atoms. The zero-order valence-corrected chi connectivity index (χ0v) is 11.7. The van der Waals surface area contributed by atoms with Crippen LogP contribution in [0, 0.1) is 5.82 Å². The van der Waals surface area contributed by atoms with Gasteiger partial charge in [-0.3, -0.25) is 0 Å². The van der Waals surface area contributed by atoms with Crippen molar-refractivity contribution in [3.05, 3.63) is 35.6 Å². The first kappa shape index (κ1) is 14.4. The molecule has 0 radical (unpaired) electrons. The fourth-order valence-electron chi connectivity index (χ4n) is 2.31. The van der Waals surface area contributed by atoms with E-state index < -0.39 is 15.6 Å². The van der Waals surface area contributed by atoms with Crippen LogP contribution in [0.15, 0.2) is 24.3 Å². The van der Waals surface area contributed by atoms with Gasteiger partial charge in [0, 0.05) is 13.1 Å². The molecule has 106 valence electrons. The summed E-state index contributed by atoms with van der Waals surface area (Å²) >= 11 is 0. The Bertz CT molecular complexity index is 536. The molecule has 1 aromatic rings. The van der Waals surface area contributed by atoms with Crippen LogP contribution in [-0.2, 0) is 15.8 Å². The Kier molecular flexibility index (Phi) is 3.94. The first-order chi connectivity index (χ1) is 8.85. The summed E-state index contributed by atoms with van der Waals surface area (Å²) in [6.07, 6.45) is 1.43. The highest BCUT2D eigenvalue weighted by atomic mass is 32.2. The van der Waals surface area contributed by atoms with Gasteiger partial charge in [0.05, 0.1) is 11.4 Å². The molecule has 4 nitrogen and oxygen atoms in total. The molecule has 0 atom stereocenters. The second-order valence-corrected chi connectivity index (χ2v) is 7.09. The molecule has 1 aromatic carbocycles. The van der Waals surface area contributed by atoms with E-state index in [-0.39, 0.29) is 24.7 Å². The van der Waals surface area contributed by atoms with Gasteiger partial charge < -0.3 is 5.11 Å². The number of rotatable bonds is 5. The van der Waals surface area contributed by atoms with Crippen molar-refractivity contribution in [1.82, 2.24) is 4.31 Å². The van der Waals surface area contributed by atoms with E-state index in [1.165, 1.54) is 28.6 Å². The van der Waals surface area contributed by atoms with Crippen molar-refractivity contribution in [2.75, 3.05) is 13.1 Å². The minimum Gasteiger partial charge on any atom is -0.387 e. The van der Waals surface area contributed by atoms with Crippen LogP contribution in [0.4, 0.5) is 4.39 Å². The summed E-state index contributed by atoms with van der Waals surface area (Å²) in [5.41, 5.74) is -0.322. The third kappa shape index (κ3) is 3.32. The number of hydrogen-bond donors (Lipinski definition) is 1. The van der Waals surface area contributed by atoms with Gasteiger partial charge in [0.2, 0.25) is 10.0 Å². The number of sulfonamides is 1. The van der Waals surface area contributed by atoms with Crippen LogP contribution in [0.3, 0.4) is 0 Å². The van der Waals surface area contributed by atoms with Gasteiger partial charge in [0.1, 0.15) is 5.82 Å². The Morgan fingerprint density at radius 3 is 2.42 bits per heavy atom. The molecule has 0 aliphatic carbocycles. The molecule has 0 bridgehead atoms. The van der Waals surface area contributed by atoms with Gasteiger partial charge in [0.15, 0.2) is 0 Å². The standard InChI is InChI=1S/C13H18FNO3S/c1-2-7-13(16)9-15(10-13)19(17,18)8-11-3-5-12(14)6-4-11/h3-6,16H,2,7-10H2,1H3. The number of nitrogens with zero attached hydrogens (tertiary/aromatic N) is 1. The second kappa shape index (κ2) is 5.19. The lowest BCUT2D eigenvalue weighted by molar-refractivity contribution is -0.0653. The summed E-state index contributed by atoms with van der Waals surface area (Å²) in [6.45, 7) is 2.27. The zero-order chi connectivity index (χ0) is 14.1. The van der Waals surface area contributed by atoms with Gasteiger partial charge >= 0.3 is 0 Å². The minimum atomic E-state index is -3.43. The van der Waals surface area contributed by atoms with Crippen molar-refractivity contribution in [2.24, 2.45) is 0 Å². The predicted molar refractivity (Wildman–Crippen MR) is 70.5 cm³/mol. The normalized spacial score (nSPS) is 19.1. The molecule has 2 rings (SSSR count). The summed E-state index contributed by atoms with van der Waals surface area (Å²) in [6, 6.07) is 5.42. The van der Waals surface area contributed by atoms with E-state index >= 15 is 0 Å². The lowest BCUT2D eigenvalue weighted by Gasteiger charge is -2.45. The Morgan fingerprint density at radius 2 is 1.89 bits per heavy atom. The van der Waals surface area contributed by atoms with E-state index in [1.807, 2.05) is 6.92 Å². The van der Waals surface area contributed by atoms with Crippen molar-refractivity contribution in [3.8, 4) is 0 Å². The maximum absolute atomic E-state index is 12.7. The van der Waals surface area contributed by atoms with Crippen LogP contribution in [0.2, 0.25) is 0 Å². The van der Waals surface area contributed by atoms with Crippen molar-refractivity contribution >= 4 is 10.0 Å². The Labute approximate surface area is 112 Å². The molecule has 0 unspecified atom stereocenters. The monoisotopic (exact) mass is 287 g/mol. The molecule has 0 spiro atoms. The number of aliphatic hydroxyl groups is 1. The van der Waals surface area contributed by atoms with E-state index in [4.69, 9.17) is 0 Å². The molecule has 1 aliphatic heterocycles. The summed E-state index contributed by atoms with van der Waals surface area (Å²) in [7, 11) is -3.43. The maximum atomic E-state index is 12.7. The molecule has 6 heteroatoms. The predicted octanol–water partition coefficient (Wildman–Crippen LogP) is 1.50. The molecule has 0 amide bonds. The van der Waals surface area contributed by atoms with Crippen molar-refractivity contribution in [1.29, 1.82) is 0 Å². The number of benzene rings is 1. The third-order valence-corrected chi connectivity index (χ3v) is 5.06. The highest BCUT2D eigenvalue weighted by Gasteiger charge is 2.45. The molecular weight excluding hydrogens is 269 g/mol. The van der Waals surface area contributed by atoms with E-state index in [2.05, 4.69) is 0 Å². The highest BCUT2D eigenvalue weighted by molar-refractivity contribution is 7.88. The average Bonchev–Trinajstić information content (AvgIpc) is 2.29. The molecule has 1 heterocycles. The molecule has 1 saturated heterocycles. The average molecular weight is 287 g/mol. The van der Waals surface area contributed by atoms with Gasteiger partial charge in [-0.25, -0.2) is 12.8 Å². The first-order valence-electron chi connectivity index (χ1n) is 6.29. The zero-order valence-electron chi connectivity index (χ0n) is 10.8. The molecule has 0 saturated carbocycles. The fraction of sp³-hybridized carbons (Fsp3) is 0.538. The quantitative estimate of drug-likeness (QED) is 0.893. The van der Waals surface area contributed by atoms with Gasteiger partial charge in [-0.15, -0.1) is 0 Å². The maximum Gasteiger partial charge on any atom is 0.218 e. The lowest BCUT2D eigenvalue weighted by atomic mass is 9.92. The van der Waals surface area contributed by atoms with E-state index in [1.54, 1.807) is 0 Å². The van der Waals surface area contributed by atoms with Gasteiger partial charge in [-0.05, 0) is 24.1 Å². The summed E-state index contributed by atoms with van der Waals surface area (Å²) in [5, 5.41) is 9.99. The lowest BCUT2D eigenvalue weighted by Crippen LogP contribution is -2.63. The van der Waals surface area contributed by atoms with Crippen LogP contribution in [0.25, 0.3) is 0 Å². The topological polar surface area (TPSA) is 57.6 Å². The van der Waals surface area contributed by atoms with Crippen LogP contribution in [-0.4, -0.2) is 36.5 Å². The Hall–Kier alpha value is -0.980. The van der Waals surface area contributed by atoms with E-state index in [0.717, 1.165) is 6.42 Å². The van der Waals surface area contributed by atoms with E-state index in [0.29, 0.717) is 12.0 Å². The molecular formula is C13H18FNO3S. The number of β-amino-alcohol motifs (C(OH)–C–C–N with tert-alkyl or cyclic N) is 1. The summed E-state index contributed by atoms with van der Waals surface area (Å²) in [4.78, 5) is 0. The van der Waals surface area contributed by atoms with Crippen LogP contribution >= 0.6 is 0 Å². The number of hydrogen-bond acceptors (Lipinski definition) is 3. The highest BCUT2D eigenvalue weighted by Crippen LogP contribution is 2.29. The first-order valence-corrected chi connectivity index (χ1v) is 7.90. The van der Waals surface area contributed by atoms with Gasteiger partial charge in [-0.2, -0.15) is 4.31 Å². The summed E-state index contributed by atoms with van der Waals surface area (Å²) < 4.78 is 38.2. The third-order valence-electron chi connectivity index (χ3n) is 3.31. The largest absolute Gasteiger partial charge is 0.387 e.